The highest BCUT2D eigenvalue weighted by molar-refractivity contribution is 6.31. The largest absolute Gasteiger partial charge is 0.497 e. The fourth-order valence-electron chi connectivity index (χ4n) is 1.99. The standard InChI is InChI=1S/C16H13ClF3NO2/c1-23-12-4-2-3-10(7-12)8-15(22)21-11-5-6-14(17)13(9-11)16(18,19)20/h2-7,9H,8H2,1H3,(H,21,22). The lowest BCUT2D eigenvalue weighted by atomic mass is 10.1. The second kappa shape index (κ2) is 6.91. The predicted molar refractivity (Wildman–Crippen MR) is 81.8 cm³/mol. The molecule has 1 N–H and O–H groups in total. The van der Waals surface area contributed by atoms with Gasteiger partial charge < -0.3 is 10.1 Å². The lowest BCUT2D eigenvalue weighted by Gasteiger charge is -2.12. The van der Waals surface area contributed by atoms with Gasteiger partial charge in [0.05, 0.1) is 24.1 Å². The molecule has 1 amide bonds. The first kappa shape index (κ1) is 17.1. The number of ether oxygens (including phenoxy) is 1. The maximum Gasteiger partial charge on any atom is 0.417 e. The van der Waals surface area contributed by atoms with E-state index < -0.39 is 22.7 Å². The van der Waals surface area contributed by atoms with Gasteiger partial charge in [0, 0.05) is 5.69 Å². The summed E-state index contributed by atoms with van der Waals surface area (Å²) in [6.07, 6.45) is -4.56. The summed E-state index contributed by atoms with van der Waals surface area (Å²) < 4.78 is 43.4. The number of anilines is 1. The topological polar surface area (TPSA) is 38.3 Å². The van der Waals surface area contributed by atoms with Gasteiger partial charge in [-0.25, -0.2) is 0 Å². The minimum absolute atomic E-state index is 0.0151. The molecule has 0 unspecified atom stereocenters. The summed E-state index contributed by atoms with van der Waals surface area (Å²) in [5.74, 6) is 0.162. The van der Waals surface area contributed by atoms with Crippen LogP contribution in [0.1, 0.15) is 11.1 Å². The number of amides is 1. The molecule has 0 bridgehead atoms. The van der Waals surface area contributed by atoms with Gasteiger partial charge in [-0.3, -0.25) is 4.79 Å². The first-order chi connectivity index (χ1) is 10.8. The van der Waals surface area contributed by atoms with Gasteiger partial charge in [-0.15, -0.1) is 0 Å². The Morgan fingerprint density at radius 3 is 2.61 bits per heavy atom. The highest BCUT2D eigenvalue weighted by atomic mass is 35.5. The maximum absolute atomic E-state index is 12.8. The van der Waals surface area contributed by atoms with Crippen LogP contribution < -0.4 is 10.1 Å². The van der Waals surface area contributed by atoms with E-state index in [0.29, 0.717) is 11.3 Å². The van der Waals surface area contributed by atoms with Crippen LogP contribution in [-0.4, -0.2) is 13.0 Å². The van der Waals surface area contributed by atoms with Crippen LogP contribution in [0.2, 0.25) is 5.02 Å². The average Bonchev–Trinajstić information content (AvgIpc) is 2.48. The van der Waals surface area contributed by atoms with Crippen molar-refractivity contribution in [2.45, 2.75) is 12.6 Å². The molecule has 0 saturated heterocycles. The molecular weight excluding hydrogens is 331 g/mol. The molecule has 0 heterocycles. The number of alkyl halides is 3. The van der Waals surface area contributed by atoms with Crippen molar-refractivity contribution in [3.05, 3.63) is 58.6 Å². The van der Waals surface area contributed by atoms with Crippen LogP contribution >= 0.6 is 11.6 Å². The summed E-state index contributed by atoms with van der Waals surface area (Å²) in [5, 5.41) is 2.02. The molecule has 0 aliphatic rings. The molecule has 122 valence electrons. The summed E-state index contributed by atoms with van der Waals surface area (Å²) in [7, 11) is 1.51. The molecule has 2 aromatic rings. The van der Waals surface area contributed by atoms with Crippen LogP contribution in [0.5, 0.6) is 5.75 Å². The molecule has 2 aromatic carbocycles. The van der Waals surface area contributed by atoms with E-state index in [0.717, 1.165) is 12.1 Å². The van der Waals surface area contributed by atoms with E-state index in [1.54, 1.807) is 24.3 Å². The van der Waals surface area contributed by atoms with Crippen molar-refractivity contribution in [2.75, 3.05) is 12.4 Å². The first-order valence-electron chi connectivity index (χ1n) is 6.59. The zero-order chi connectivity index (χ0) is 17.0. The summed E-state index contributed by atoms with van der Waals surface area (Å²) in [4.78, 5) is 12.0. The summed E-state index contributed by atoms with van der Waals surface area (Å²) in [5.41, 5.74) is -0.264. The van der Waals surface area contributed by atoms with Crippen molar-refractivity contribution in [3.8, 4) is 5.75 Å². The summed E-state index contributed by atoms with van der Waals surface area (Å²) >= 11 is 5.53. The minimum atomic E-state index is -4.58. The maximum atomic E-state index is 12.8. The number of rotatable bonds is 4. The Balaban J connectivity index is 2.11. The predicted octanol–water partition coefficient (Wildman–Crippen LogP) is 4.55. The first-order valence-corrected chi connectivity index (χ1v) is 6.97. The van der Waals surface area contributed by atoms with E-state index in [1.165, 1.54) is 13.2 Å². The Hall–Kier alpha value is -2.21. The van der Waals surface area contributed by atoms with Gasteiger partial charge in [0.25, 0.3) is 0 Å². The highest BCUT2D eigenvalue weighted by Crippen LogP contribution is 2.36. The van der Waals surface area contributed by atoms with Crippen LogP contribution in [0.4, 0.5) is 18.9 Å². The monoisotopic (exact) mass is 343 g/mol. The summed E-state index contributed by atoms with van der Waals surface area (Å²) in [6, 6.07) is 10.1. The third kappa shape index (κ3) is 4.63. The molecule has 0 radical (unpaired) electrons. The molecule has 3 nitrogen and oxygen atoms in total. The zero-order valence-electron chi connectivity index (χ0n) is 12.1. The number of carbonyl (C=O) groups excluding carboxylic acids is 1. The number of methoxy groups -OCH3 is 1. The van der Waals surface area contributed by atoms with E-state index in [1.807, 2.05) is 0 Å². The number of hydrogen-bond donors (Lipinski definition) is 1. The smallest absolute Gasteiger partial charge is 0.417 e. The fourth-order valence-corrected chi connectivity index (χ4v) is 2.22. The van der Waals surface area contributed by atoms with E-state index in [4.69, 9.17) is 16.3 Å². The number of carbonyl (C=O) groups is 1. The van der Waals surface area contributed by atoms with Gasteiger partial charge in [0.2, 0.25) is 5.91 Å². The Morgan fingerprint density at radius 2 is 1.96 bits per heavy atom. The molecule has 0 aliphatic heterocycles. The SMILES string of the molecule is COc1cccc(CC(=O)Nc2ccc(Cl)c(C(F)(F)F)c2)c1. The number of benzene rings is 2. The van der Waals surface area contributed by atoms with Crippen LogP contribution in [0, 0.1) is 0 Å². The molecule has 0 aromatic heterocycles. The molecule has 0 aliphatic carbocycles. The van der Waals surface area contributed by atoms with Gasteiger partial charge in [-0.2, -0.15) is 13.2 Å². The number of hydrogen-bond acceptors (Lipinski definition) is 2. The van der Waals surface area contributed by atoms with E-state index >= 15 is 0 Å². The Labute approximate surface area is 136 Å². The molecular formula is C16H13ClF3NO2. The average molecular weight is 344 g/mol. The molecule has 2 rings (SSSR count). The Morgan fingerprint density at radius 1 is 1.22 bits per heavy atom. The molecule has 7 heteroatoms. The van der Waals surface area contributed by atoms with Crippen LogP contribution in [0.25, 0.3) is 0 Å². The quantitative estimate of drug-likeness (QED) is 0.884. The van der Waals surface area contributed by atoms with E-state index in [9.17, 15) is 18.0 Å². The van der Waals surface area contributed by atoms with Crippen molar-refractivity contribution in [1.82, 2.24) is 0 Å². The van der Waals surface area contributed by atoms with Crippen molar-refractivity contribution < 1.29 is 22.7 Å². The van der Waals surface area contributed by atoms with Crippen LogP contribution in [-0.2, 0) is 17.4 Å². The van der Waals surface area contributed by atoms with E-state index in [-0.39, 0.29) is 12.1 Å². The summed E-state index contributed by atoms with van der Waals surface area (Å²) in [6.45, 7) is 0. The van der Waals surface area contributed by atoms with Crippen LogP contribution in [0.3, 0.4) is 0 Å². The number of halogens is 4. The van der Waals surface area contributed by atoms with Crippen molar-refractivity contribution in [2.24, 2.45) is 0 Å². The third-order valence-electron chi connectivity index (χ3n) is 3.05. The molecule has 0 spiro atoms. The normalized spacial score (nSPS) is 11.2. The zero-order valence-corrected chi connectivity index (χ0v) is 12.8. The van der Waals surface area contributed by atoms with Crippen molar-refractivity contribution >= 4 is 23.2 Å². The second-order valence-electron chi connectivity index (χ2n) is 4.77. The van der Waals surface area contributed by atoms with Gasteiger partial charge in [-0.05, 0) is 35.9 Å². The molecule has 0 fully saturated rings. The van der Waals surface area contributed by atoms with Gasteiger partial charge in [0.15, 0.2) is 0 Å². The minimum Gasteiger partial charge on any atom is -0.497 e. The molecule has 0 saturated carbocycles. The highest BCUT2D eigenvalue weighted by Gasteiger charge is 2.33. The molecule has 0 atom stereocenters. The van der Waals surface area contributed by atoms with Crippen molar-refractivity contribution in [3.63, 3.8) is 0 Å². The second-order valence-corrected chi connectivity index (χ2v) is 5.18. The van der Waals surface area contributed by atoms with Crippen molar-refractivity contribution in [1.29, 1.82) is 0 Å². The van der Waals surface area contributed by atoms with Gasteiger partial charge in [0.1, 0.15) is 5.75 Å². The van der Waals surface area contributed by atoms with Crippen LogP contribution in [0.15, 0.2) is 42.5 Å². The Kier molecular flexibility index (Phi) is 5.15. The van der Waals surface area contributed by atoms with E-state index in [2.05, 4.69) is 5.32 Å². The molecule has 23 heavy (non-hydrogen) atoms. The third-order valence-corrected chi connectivity index (χ3v) is 3.38. The van der Waals surface area contributed by atoms with Gasteiger partial charge in [-0.1, -0.05) is 23.7 Å². The lowest BCUT2D eigenvalue weighted by Crippen LogP contribution is -2.15. The number of nitrogens with one attached hydrogen (secondary N) is 1. The van der Waals surface area contributed by atoms with Gasteiger partial charge >= 0.3 is 6.18 Å². The Bertz CT molecular complexity index is 717. The fraction of sp³-hybridized carbons (Fsp3) is 0.188. The lowest BCUT2D eigenvalue weighted by molar-refractivity contribution is -0.137.